The van der Waals surface area contributed by atoms with E-state index >= 15 is 0 Å². The van der Waals surface area contributed by atoms with E-state index in [9.17, 15) is 4.39 Å². The van der Waals surface area contributed by atoms with Crippen molar-refractivity contribution >= 4 is 6.08 Å². The SMILES string of the molecule is CC/C=C/c1ccc(OC)c(F)c1. The predicted molar refractivity (Wildman–Crippen MR) is 52.3 cm³/mol. The van der Waals surface area contributed by atoms with Gasteiger partial charge in [-0.05, 0) is 24.1 Å². The Kier molecular flexibility index (Phi) is 3.50. The van der Waals surface area contributed by atoms with E-state index in [0.29, 0.717) is 0 Å². The van der Waals surface area contributed by atoms with Crippen LogP contribution in [0.3, 0.4) is 0 Å². The molecule has 0 spiro atoms. The molecule has 1 nitrogen and oxygen atoms in total. The highest BCUT2D eigenvalue weighted by Crippen LogP contribution is 2.18. The Bertz CT molecular complexity index is 305. The lowest BCUT2D eigenvalue weighted by molar-refractivity contribution is 0.386. The molecule has 0 amide bonds. The lowest BCUT2D eigenvalue weighted by Gasteiger charge is -2.01. The number of methoxy groups -OCH3 is 1. The molecule has 0 heterocycles. The van der Waals surface area contributed by atoms with Crippen molar-refractivity contribution in [3.05, 3.63) is 35.7 Å². The van der Waals surface area contributed by atoms with Gasteiger partial charge in [0.05, 0.1) is 7.11 Å². The molecule has 1 rings (SSSR count). The number of hydrogen-bond donors (Lipinski definition) is 0. The second-order valence-electron chi connectivity index (χ2n) is 2.70. The van der Waals surface area contributed by atoms with Crippen LogP contribution < -0.4 is 4.74 Å². The van der Waals surface area contributed by atoms with Crippen LogP contribution in [0.4, 0.5) is 4.39 Å². The first-order valence-electron chi connectivity index (χ1n) is 4.28. The van der Waals surface area contributed by atoms with Gasteiger partial charge in [0.25, 0.3) is 0 Å². The number of hydrogen-bond acceptors (Lipinski definition) is 1. The van der Waals surface area contributed by atoms with Crippen LogP contribution in [-0.2, 0) is 0 Å². The number of benzene rings is 1. The van der Waals surface area contributed by atoms with E-state index in [1.54, 1.807) is 6.07 Å². The maximum atomic E-state index is 13.1. The zero-order valence-corrected chi connectivity index (χ0v) is 7.88. The summed E-state index contributed by atoms with van der Waals surface area (Å²) >= 11 is 0. The monoisotopic (exact) mass is 180 g/mol. The van der Waals surface area contributed by atoms with Crippen LogP contribution in [0.25, 0.3) is 6.08 Å². The van der Waals surface area contributed by atoms with Gasteiger partial charge >= 0.3 is 0 Å². The average Bonchev–Trinajstić information content (AvgIpc) is 2.15. The Labute approximate surface area is 77.8 Å². The molecule has 0 N–H and O–H groups in total. The molecule has 0 aliphatic carbocycles. The summed E-state index contributed by atoms with van der Waals surface area (Å²) in [4.78, 5) is 0. The summed E-state index contributed by atoms with van der Waals surface area (Å²) < 4.78 is 17.9. The summed E-state index contributed by atoms with van der Waals surface area (Å²) in [6, 6.07) is 4.92. The molecule has 2 heteroatoms. The van der Waals surface area contributed by atoms with Crippen molar-refractivity contribution in [1.82, 2.24) is 0 Å². The Morgan fingerprint density at radius 1 is 1.46 bits per heavy atom. The molecule has 0 bridgehead atoms. The molecule has 0 saturated heterocycles. The minimum Gasteiger partial charge on any atom is -0.494 e. The van der Waals surface area contributed by atoms with Crippen molar-refractivity contribution < 1.29 is 9.13 Å². The molecular weight excluding hydrogens is 167 g/mol. The molecule has 0 radical (unpaired) electrons. The van der Waals surface area contributed by atoms with Crippen LogP contribution in [0.1, 0.15) is 18.9 Å². The molecule has 0 aliphatic heterocycles. The molecule has 0 aromatic heterocycles. The van der Waals surface area contributed by atoms with Crippen molar-refractivity contribution in [1.29, 1.82) is 0 Å². The van der Waals surface area contributed by atoms with E-state index in [0.717, 1.165) is 12.0 Å². The number of allylic oxidation sites excluding steroid dienone is 1. The number of rotatable bonds is 3. The summed E-state index contributed by atoms with van der Waals surface area (Å²) in [5, 5.41) is 0. The molecule has 13 heavy (non-hydrogen) atoms. The second kappa shape index (κ2) is 4.65. The fourth-order valence-corrected chi connectivity index (χ4v) is 1.04. The zero-order valence-electron chi connectivity index (χ0n) is 7.88. The molecule has 0 atom stereocenters. The lowest BCUT2D eigenvalue weighted by Crippen LogP contribution is -1.87. The molecule has 1 aromatic carbocycles. The highest BCUT2D eigenvalue weighted by molar-refractivity contribution is 5.50. The lowest BCUT2D eigenvalue weighted by atomic mass is 10.2. The average molecular weight is 180 g/mol. The molecule has 0 saturated carbocycles. The fourth-order valence-electron chi connectivity index (χ4n) is 1.04. The molecule has 0 fully saturated rings. The van der Waals surface area contributed by atoms with Gasteiger partial charge in [-0.15, -0.1) is 0 Å². The van der Waals surface area contributed by atoms with Crippen LogP contribution in [-0.4, -0.2) is 7.11 Å². The van der Waals surface area contributed by atoms with Gasteiger partial charge in [-0.1, -0.05) is 25.1 Å². The van der Waals surface area contributed by atoms with E-state index in [4.69, 9.17) is 4.74 Å². The van der Waals surface area contributed by atoms with Crippen LogP contribution in [0.15, 0.2) is 24.3 Å². The maximum absolute atomic E-state index is 13.1. The first-order chi connectivity index (χ1) is 6.27. The zero-order chi connectivity index (χ0) is 9.68. The maximum Gasteiger partial charge on any atom is 0.165 e. The van der Waals surface area contributed by atoms with Crippen molar-refractivity contribution in [3.63, 3.8) is 0 Å². The van der Waals surface area contributed by atoms with Crippen LogP contribution in [0, 0.1) is 5.82 Å². The third-order valence-electron chi connectivity index (χ3n) is 1.72. The van der Waals surface area contributed by atoms with Gasteiger partial charge in [-0.25, -0.2) is 4.39 Å². The van der Waals surface area contributed by atoms with Gasteiger partial charge in [0.15, 0.2) is 11.6 Å². The molecule has 70 valence electrons. The summed E-state index contributed by atoms with van der Waals surface area (Å²) in [6.45, 7) is 2.04. The van der Waals surface area contributed by atoms with Crippen molar-refractivity contribution in [2.75, 3.05) is 7.11 Å². The first-order valence-corrected chi connectivity index (χ1v) is 4.28. The van der Waals surface area contributed by atoms with Gasteiger partial charge in [0.2, 0.25) is 0 Å². The van der Waals surface area contributed by atoms with Gasteiger partial charge in [-0.2, -0.15) is 0 Å². The summed E-state index contributed by atoms with van der Waals surface area (Å²) in [7, 11) is 1.46. The smallest absolute Gasteiger partial charge is 0.165 e. The van der Waals surface area contributed by atoms with E-state index in [2.05, 4.69) is 0 Å². The van der Waals surface area contributed by atoms with Gasteiger partial charge in [0, 0.05) is 0 Å². The van der Waals surface area contributed by atoms with Gasteiger partial charge < -0.3 is 4.74 Å². The predicted octanol–water partition coefficient (Wildman–Crippen LogP) is 3.26. The van der Waals surface area contributed by atoms with Crippen molar-refractivity contribution in [2.45, 2.75) is 13.3 Å². The minimum atomic E-state index is -0.319. The first kappa shape index (κ1) is 9.78. The highest BCUT2D eigenvalue weighted by Gasteiger charge is 2.00. The Morgan fingerprint density at radius 2 is 2.23 bits per heavy atom. The van der Waals surface area contributed by atoms with Crippen LogP contribution in [0.2, 0.25) is 0 Å². The van der Waals surface area contributed by atoms with Gasteiger partial charge in [0.1, 0.15) is 0 Å². The Hall–Kier alpha value is -1.31. The Morgan fingerprint density at radius 3 is 2.77 bits per heavy atom. The summed E-state index contributed by atoms with van der Waals surface area (Å²) in [5.41, 5.74) is 0.861. The molecule has 0 unspecified atom stereocenters. The largest absolute Gasteiger partial charge is 0.494 e. The van der Waals surface area contributed by atoms with E-state index < -0.39 is 0 Å². The van der Waals surface area contributed by atoms with E-state index in [1.807, 2.05) is 25.1 Å². The Balaban J connectivity index is 2.89. The van der Waals surface area contributed by atoms with Crippen LogP contribution in [0.5, 0.6) is 5.75 Å². The third-order valence-corrected chi connectivity index (χ3v) is 1.72. The van der Waals surface area contributed by atoms with Crippen molar-refractivity contribution in [2.24, 2.45) is 0 Å². The molecular formula is C11H13FO. The minimum absolute atomic E-state index is 0.286. The topological polar surface area (TPSA) is 9.23 Å². The summed E-state index contributed by atoms with van der Waals surface area (Å²) in [5.74, 6) is -0.0330. The fraction of sp³-hybridized carbons (Fsp3) is 0.273. The number of halogens is 1. The summed E-state index contributed by atoms with van der Waals surface area (Å²) in [6.07, 6.45) is 4.83. The second-order valence-corrected chi connectivity index (χ2v) is 2.70. The normalized spacial score (nSPS) is 10.7. The highest BCUT2D eigenvalue weighted by atomic mass is 19.1. The van der Waals surface area contributed by atoms with Gasteiger partial charge in [-0.3, -0.25) is 0 Å². The van der Waals surface area contributed by atoms with Crippen LogP contribution >= 0.6 is 0 Å². The van der Waals surface area contributed by atoms with Crippen molar-refractivity contribution in [3.8, 4) is 5.75 Å². The molecule has 1 aromatic rings. The van der Waals surface area contributed by atoms with E-state index in [1.165, 1.54) is 13.2 Å². The van der Waals surface area contributed by atoms with E-state index in [-0.39, 0.29) is 11.6 Å². The quantitative estimate of drug-likeness (QED) is 0.693. The molecule has 0 aliphatic rings. The standard InChI is InChI=1S/C11H13FO/c1-3-4-5-9-6-7-11(13-2)10(12)8-9/h4-8H,3H2,1-2H3/b5-4+. The number of ether oxygens (including phenoxy) is 1. The third kappa shape index (κ3) is 2.58.